The third-order valence-electron chi connectivity index (χ3n) is 5.74. The molecule has 0 radical (unpaired) electrons. The van der Waals surface area contributed by atoms with Crippen LogP contribution in [0.3, 0.4) is 0 Å². The Bertz CT molecular complexity index is 1370. The highest BCUT2D eigenvalue weighted by Crippen LogP contribution is 2.29. The maximum atomic E-state index is 13.4. The highest BCUT2D eigenvalue weighted by molar-refractivity contribution is 7.89. The lowest BCUT2D eigenvalue weighted by Crippen LogP contribution is -2.42. The van der Waals surface area contributed by atoms with Crippen LogP contribution in [0, 0.1) is 6.92 Å². The lowest BCUT2D eigenvalue weighted by Gasteiger charge is -2.27. The minimum Gasteiger partial charge on any atom is -0.335 e. The molecule has 196 valence electrons. The van der Waals surface area contributed by atoms with Crippen LogP contribution in [0.1, 0.15) is 51.3 Å². The van der Waals surface area contributed by atoms with E-state index >= 15 is 0 Å². The zero-order valence-electron chi connectivity index (χ0n) is 20.5. The number of amides is 1. The lowest BCUT2D eigenvalue weighted by atomic mass is 9.96. The smallest absolute Gasteiger partial charge is 0.335 e. The summed E-state index contributed by atoms with van der Waals surface area (Å²) in [5.74, 6) is -1.10. The zero-order chi connectivity index (χ0) is 27.4. The summed E-state index contributed by atoms with van der Waals surface area (Å²) < 4.78 is 66.3. The van der Waals surface area contributed by atoms with Crippen molar-refractivity contribution in [3.63, 3.8) is 0 Å². The van der Waals surface area contributed by atoms with Gasteiger partial charge in [0.25, 0.3) is 5.91 Å². The van der Waals surface area contributed by atoms with E-state index in [-0.39, 0.29) is 40.7 Å². The van der Waals surface area contributed by atoms with E-state index in [9.17, 15) is 31.2 Å². The fraction of sp³-hybridized carbons (Fsp3) is 0.259. The van der Waals surface area contributed by atoms with E-state index in [1.165, 1.54) is 29.2 Å². The van der Waals surface area contributed by atoms with Gasteiger partial charge in [-0.1, -0.05) is 48.0 Å². The first-order valence-corrected chi connectivity index (χ1v) is 13.0. The van der Waals surface area contributed by atoms with Crippen LogP contribution < -0.4 is 4.72 Å². The van der Waals surface area contributed by atoms with E-state index in [1.807, 2.05) is 6.92 Å². The molecule has 0 aliphatic rings. The maximum absolute atomic E-state index is 13.4. The van der Waals surface area contributed by atoms with Gasteiger partial charge in [0.1, 0.15) is 0 Å². The Morgan fingerprint density at radius 1 is 0.892 bits per heavy atom. The summed E-state index contributed by atoms with van der Waals surface area (Å²) >= 11 is 0. The van der Waals surface area contributed by atoms with Crippen molar-refractivity contribution in [2.24, 2.45) is 0 Å². The Labute approximate surface area is 214 Å². The molecule has 0 aliphatic heterocycles. The molecule has 6 nitrogen and oxygen atoms in total. The summed E-state index contributed by atoms with van der Waals surface area (Å²) in [5, 5.41) is 0. The van der Waals surface area contributed by atoms with Crippen LogP contribution in [0.2, 0.25) is 0 Å². The number of ketones is 1. The van der Waals surface area contributed by atoms with Crippen LogP contribution in [0.25, 0.3) is 0 Å². The fourth-order valence-electron chi connectivity index (χ4n) is 3.68. The van der Waals surface area contributed by atoms with E-state index in [1.54, 1.807) is 38.1 Å². The van der Waals surface area contributed by atoms with Gasteiger partial charge in [-0.05, 0) is 51.1 Å². The number of carbonyl (C=O) groups excluding carboxylic acids is 2. The zero-order valence-corrected chi connectivity index (χ0v) is 21.4. The molecular weight excluding hydrogens is 505 g/mol. The Morgan fingerprint density at radius 2 is 1.46 bits per heavy atom. The van der Waals surface area contributed by atoms with Gasteiger partial charge in [0.2, 0.25) is 10.0 Å². The predicted molar refractivity (Wildman–Crippen MR) is 134 cm³/mol. The topological polar surface area (TPSA) is 83.6 Å². The standard InChI is InChI=1S/C27H27F3N2O4S/c1-18(2)32(17-16-31-37(35,36)22-14-8-19(3)9-15-22)26(34)24-7-5-4-6-23(24)25(33)20-10-12-21(13-11-20)27(28,29)30/h4-15,18,31H,16-17H2,1-3H3. The summed E-state index contributed by atoms with van der Waals surface area (Å²) in [4.78, 5) is 28.1. The van der Waals surface area contributed by atoms with Gasteiger partial charge in [-0.2, -0.15) is 13.2 Å². The molecule has 3 rings (SSSR count). The van der Waals surface area contributed by atoms with E-state index in [0.717, 1.165) is 29.8 Å². The number of rotatable bonds is 9. The molecule has 0 aromatic heterocycles. The number of carbonyl (C=O) groups is 2. The first-order chi connectivity index (χ1) is 17.3. The number of benzene rings is 3. The van der Waals surface area contributed by atoms with Crippen molar-refractivity contribution in [3.8, 4) is 0 Å². The van der Waals surface area contributed by atoms with Crippen LogP contribution in [0.15, 0.2) is 77.7 Å². The van der Waals surface area contributed by atoms with Crippen molar-refractivity contribution >= 4 is 21.7 Å². The fourth-order valence-corrected chi connectivity index (χ4v) is 4.70. The Kier molecular flexibility index (Phi) is 8.55. The van der Waals surface area contributed by atoms with Crippen molar-refractivity contribution in [2.45, 2.75) is 37.9 Å². The number of alkyl halides is 3. The van der Waals surface area contributed by atoms with Gasteiger partial charge < -0.3 is 4.90 Å². The molecule has 3 aromatic rings. The second-order valence-electron chi connectivity index (χ2n) is 8.75. The second kappa shape index (κ2) is 11.3. The highest BCUT2D eigenvalue weighted by Gasteiger charge is 2.31. The molecule has 1 amide bonds. The van der Waals surface area contributed by atoms with Crippen molar-refractivity contribution in [1.82, 2.24) is 9.62 Å². The van der Waals surface area contributed by atoms with E-state index in [4.69, 9.17) is 0 Å². The van der Waals surface area contributed by atoms with Gasteiger partial charge in [-0.15, -0.1) is 0 Å². The average Bonchev–Trinajstić information content (AvgIpc) is 2.85. The van der Waals surface area contributed by atoms with Crippen LogP contribution in [-0.4, -0.2) is 44.1 Å². The molecule has 0 bridgehead atoms. The van der Waals surface area contributed by atoms with Crippen LogP contribution >= 0.6 is 0 Å². The number of halogens is 3. The molecule has 0 fully saturated rings. The normalized spacial score (nSPS) is 12.0. The number of hydrogen-bond acceptors (Lipinski definition) is 4. The Balaban J connectivity index is 1.79. The third kappa shape index (κ3) is 6.84. The number of nitrogens with one attached hydrogen (secondary N) is 1. The van der Waals surface area contributed by atoms with Gasteiger partial charge in [-0.3, -0.25) is 9.59 Å². The Hall–Kier alpha value is -3.50. The van der Waals surface area contributed by atoms with E-state index in [2.05, 4.69) is 4.72 Å². The predicted octanol–water partition coefficient (Wildman–Crippen LogP) is 5.07. The molecule has 37 heavy (non-hydrogen) atoms. The summed E-state index contributed by atoms with van der Waals surface area (Å²) in [5.41, 5.74) is 0.156. The molecule has 10 heteroatoms. The van der Waals surface area contributed by atoms with Crippen LogP contribution in [0.4, 0.5) is 13.2 Å². The number of aryl methyl sites for hydroxylation is 1. The molecule has 0 spiro atoms. The maximum Gasteiger partial charge on any atom is 0.416 e. The average molecular weight is 533 g/mol. The third-order valence-corrected chi connectivity index (χ3v) is 7.21. The van der Waals surface area contributed by atoms with E-state index < -0.39 is 33.5 Å². The molecule has 1 N–H and O–H groups in total. The number of hydrogen-bond donors (Lipinski definition) is 1. The van der Waals surface area contributed by atoms with Crippen molar-refractivity contribution < 1.29 is 31.2 Å². The van der Waals surface area contributed by atoms with Gasteiger partial charge in [-0.25, -0.2) is 13.1 Å². The van der Waals surface area contributed by atoms with Crippen LogP contribution in [-0.2, 0) is 16.2 Å². The van der Waals surface area contributed by atoms with Gasteiger partial charge in [0.05, 0.1) is 16.0 Å². The molecule has 0 aliphatic carbocycles. The van der Waals surface area contributed by atoms with Gasteiger partial charge in [0, 0.05) is 30.3 Å². The molecule has 0 atom stereocenters. The second-order valence-corrected chi connectivity index (χ2v) is 10.5. The monoisotopic (exact) mass is 532 g/mol. The summed E-state index contributed by atoms with van der Waals surface area (Å²) in [6.45, 7) is 5.33. The highest BCUT2D eigenvalue weighted by atomic mass is 32.2. The molecule has 0 saturated heterocycles. The minimum absolute atomic E-state index is 0.00945. The number of nitrogens with zero attached hydrogens (tertiary/aromatic N) is 1. The van der Waals surface area contributed by atoms with Crippen molar-refractivity contribution in [1.29, 1.82) is 0 Å². The summed E-state index contributed by atoms with van der Waals surface area (Å²) in [7, 11) is -3.78. The first kappa shape index (κ1) is 28.1. The minimum atomic E-state index is -4.53. The first-order valence-electron chi connectivity index (χ1n) is 11.5. The van der Waals surface area contributed by atoms with Gasteiger partial charge >= 0.3 is 6.18 Å². The molecule has 0 heterocycles. The lowest BCUT2D eigenvalue weighted by molar-refractivity contribution is -0.137. The largest absolute Gasteiger partial charge is 0.416 e. The SMILES string of the molecule is Cc1ccc(S(=O)(=O)NCCN(C(=O)c2ccccc2C(=O)c2ccc(C(F)(F)F)cc2)C(C)C)cc1. The molecule has 3 aromatic carbocycles. The quantitative estimate of drug-likeness (QED) is 0.390. The molecular formula is C27H27F3N2O4S. The molecule has 0 unspecified atom stereocenters. The van der Waals surface area contributed by atoms with Crippen molar-refractivity contribution in [2.75, 3.05) is 13.1 Å². The summed E-state index contributed by atoms with van der Waals surface area (Å²) in [6.07, 6.45) is -4.53. The van der Waals surface area contributed by atoms with Gasteiger partial charge in [0.15, 0.2) is 5.78 Å². The molecule has 0 saturated carbocycles. The summed E-state index contributed by atoms with van der Waals surface area (Å²) in [6, 6.07) is 15.8. The number of sulfonamides is 1. The van der Waals surface area contributed by atoms with E-state index in [0.29, 0.717) is 0 Å². The Morgan fingerprint density at radius 3 is 2.00 bits per heavy atom. The van der Waals surface area contributed by atoms with Crippen molar-refractivity contribution in [3.05, 3.63) is 101 Å². The van der Waals surface area contributed by atoms with Crippen LogP contribution in [0.5, 0.6) is 0 Å².